The van der Waals surface area contributed by atoms with Crippen LogP contribution >= 0.6 is 23.2 Å². The highest BCUT2D eigenvalue weighted by molar-refractivity contribution is 6.18. The smallest absolute Gasteiger partial charge is 0.408 e. The van der Waals surface area contributed by atoms with E-state index < -0.39 is 23.7 Å². The van der Waals surface area contributed by atoms with E-state index in [9.17, 15) is 14.7 Å². The van der Waals surface area contributed by atoms with Crippen molar-refractivity contribution in [3.63, 3.8) is 0 Å². The highest BCUT2D eigenvalue weighted by Crippen LogP contribution is 2.26. The first kappa shape index (κ1) is 26.8. The number of alkyl halides is 2. The Bertz CT molecular complexity index is 920. The zero-order valence-corrected chi connectivity index (χ0v) is 20.8. The molecule has 0 radical (unpaired) electrons. The van der Waals surface area contributed by atoms with Crippen LogP contribution in [0, 0.1) is 6.92 Å². The van der Waals surface area contributed by atoms with Gasteiger partial charge >= 0.3 is 12.1 Å². The van der Waals surface area contributed by atoms with Gasteiger partial charge in [0.2, 0.25) is 0 Å². The van der Waals surface area contributed by atoms with Gasteiger partial charge in [0.1, 0.15) is 6.10 Å². The molecule has 0 aliphatic heterocycles. The number of rotatable bonds is 12. The van der Waals surface area contributed by atoms with Crippen molar-refractivity contribution >= 4 is 41.0 Å². The lowest BCUT2D eigenvalue weighted by Crippen LogP contribution is -2.49. The fraction of sp³-hybridized carbons (Fsp3) is 0.440. The molecule has 0 bridgehead atoms. The van der Waals surface area contributed by atoms with E-state index in [1.165, 1.54) is 0 Å². The van der Waals surface area contributed by atoms with Crippen LogP contribution in [0.25, 0.3) is 0 Å². The van der Waals surface area contributed by atoms with Crippen LogP contribution in [0.5, 0.6) is 0 Å². The van der Waals surface area contributed by atoms with Crippen molar-refractivity contribution in [3.8, 4) is 0 Å². The van der Waals surface area contributed by atoms with E-state index >= 15 is 0 Å². The quantitative estimate of drug-likeness (QED) is 0.378. The van der Waals surface area contributed by atoms with Crippen molar-refractivity contribution < 1.29 is 19.4 Å². The first-order valence-electron chi connectivity index (χ1n) is 10.9. The summed E-state index contributed by atoms with van der Waals surface area (Å²) >= 11 is 11.9. The number of amides is 1. The fourth-order valence-electron chi connectivity index (χ4n) is 3.75. The Morgan fingerprint density at radius 3 is 2.33 bits per heavy atom. The van der Waals surface area contributed by atoms with Crippen LogP contribution < -0.4 is 10.2 Å². The monoisotopic (exact) mass is 494 g/mol. The lowest BCUT2D eigenvalue weighted by Gasteiger charge is -2.31. The van der Waals surface area contributed by atoms with Crippen LogP contribution in [0.3, 0.4) is 0 Å². The number of hydrogen-bond donors (Lipinski definition) is 2. The fourth-order valence-corrected chi connectivity index (χ4v) is 4.16. The third-order valence-corrected chi connectivity index (χ3v) is 5.82. The maximum Gasteiger partial charge on any atom is 0.408 e. The molecule has 2 aromatic carbocycles. The number of halogens is 2. The van der Waals surface area contributed by atoms with Gasteiger partial charge in [-0.05, 0) is 56.0 Å². The van der Waals surface area contributed by atoms with Crippen LogP contribution in [-0.4, -0.2) is 47.6 Å². The Hall–Kier alpha value is -2.44. The van der Waals surface area contributed by atoms with Gasteiger partial charge in [-0.25, -0.2) is 4.79 Å². The van der Waals surface area contributed by atoms with Gasteiger partial charge in [0, 0.05) is 30.5 Å². The molecule has 0 fully saturated rings. The number of carbonyl (C=O) groups excluding carboxylic acids is 1. The second kappa shape index (κ2) is 12.7. The Morgan fingerprint density at radius 1 is 1.12 bits per heavy atom. The summed E-state index contributed by atoms with van der Waals surface area (Å²) in [5.41, 5.74) is 2.69. The molecular weight excluding hydrogens is 463 g/mol. The molecule has 0 spiro atoms. The third kappa shape index (κ3) is 8.45. The van der Waals surface area contributed by atoms with E-state index in [1.807, 2.05) is 55.5 Å². The number of carboxylic acid groups (broad SMARTS) is 1. The SMILES string of the molecule is Cc1ccc(N(CCCl)CCCl)cc1C[C@@](C)(CC(=O)O)NC(=O)OC(C)c1ccccc1. The van der Waals surface area contributed by atoms with Crippen LogP contribution in [0.4, 0.5) is 10.5 Å². The molecule has 6 nitrogen and oxygen atoms in total. The minimum Gasteiger partial charge on any atom is -0.481 e. The molecule has 8 heteroatoms. The van der Waals surface area contributed by atoms with Gasteiger partial charge in [-0.1, -0.05) is 36.4 Å². The predicted octanol–water partition coefficient (Wildman–Crippen LogP) is 5.54. The third-order valence-electron chi connectivity index (χ3n) is 5.49. The zero-order valence-electron chi connectivity index (χ0n) is 19.3. The Labute approximate surface area is 205 Å². The van der Waals surface area contributed by atoms with Crippen molar-refractivity contribution in [2.75, 3.05) is 29.7 Å². The molecule has 0 saturated carbocycles. The number of aliphatic carboxylic acids is 1. The number of hydrogen-bond acceptors (Lipinski definition) is 4. The number of carboxylic acids is 1. The van der Waals surface area contributed by atoms with Crippen LogP contribution in [0.15, 0.2) is 48.5 Å². The minimum absolute atomic E-state index is 0.251. The topological polar surface area (TPSA) is 78.9 Å². The van der Waals surface area contributed by atoms with Gasteiger partial charge in [-0.15, -0.1) is 23.2 Å². The highest BCUT2D eigenvalue weighted by Gasteiger charge is 2.32. The molecule has 0 aliphatic rings. The summed E-state index contributed by atoms with van der Waals surface area (Å²) in [5, 5.41) is 12.3. The highest BCUT2D eigenvalue weighted by atomic mass is 35.5. The van der Waals surface area contributed by atoms with Crippen molar-refractivity contribution in [3.05, 3.63) is 65.2 Å². The molecule has 1 amide bonds. The largest absolute Gasteiger partial charge is 0.481 e. The van der Waals surface area contributed by atoms with Gasteiger partial charge in [0.05, 0.1) is 12.0 Å². The number of carbonyl (C=O) groups is 2. The lowest BCUT2D eigenvalue weighted by molar-refractivity contribution is -0.138. The first-order chi connectivity index (χ1) is 15.7. The Kier molecular flexibility index (Phi) is 10.3. The predicted molar refractivity (Wildman–Crippen MR) is 134 cm³/mol. The van der Waals surface area contributed by atoms with Gasteiger partial charge in [-0.2, -0.15) is 0 Å². The van der Waals surface area contributed by atoms with E-state index in [0.29, 0.717) is 31.3 Å². The van der Waals surface area contributed by atoms with Gasteiger partial charge in [-0.3, -0.25) is 4.79 Å². The second-order valence-corrected chi connectivity index (χ2v) is 9.12. The number of anilines is 1. The molecule has 2 N–H and O–H groups in total. The number of ether oxygens (including phenoxy) is 1. The average molecular weight is 495 g/mol. The molecular formula is C25H32Cl2N2O4. The summed E-state index contributed by atoms with van der Waals surface area (Å²) in [4.78, 5) is 26.4. The van der Waals surface area contributed by atoms with Crippen molar-refractivity contribution in [1.29, 1.82) is 0 Å². The van der Waals surface area contributed by atoms with Gasteiger partial charge in [0.25, 0.3) is 0 Å². The summed E-state index contributed by atoms with van der Waals surface area (Å²) in [6.07, 6.45) is -1.05. The van der Waals surface area contributed by atoms with Crippen molar-refractivity contribution in [2.24, 2.45) is 0 Å². The summed E-state index contributed by atoms with van der Waals surface area (Å²) in [6, 6.07) is 15.4. The molecule has 0 heterocycles. The van der Waals surface area contributed by atoms with E-state index in [1.54, 1.807) is 13.8 Å². The molecule has 1 unspecified atom stereocenters. The Morgan fingerprint density at radius 2 is 1.76 bits per heavy atom. The molecule has 180 valence electrons. The second-order valence-electron chi connectivity index (χ2n) is 8.37. The molecule has 2 atom stereocenters. The molecule has 0 saturated heterocycles. The van der Waals surface area contributed by atoms with E-state index in [-0.39, 0.29) is 6.42 Å². The van der Waals surface area contributed by atoms with E-state index in [2.05, 4.69) is 10.2 Å². The molecule has 33 heavy (non-hydrogen) atoms. The van der Waals surface area contributed by atoms with Gasteiger partial charge < -0.3 is 20.1 Å². The van der Waals surface area contributed by atoms with E-state index in [4.69, 9.17) is 27.9 Å². The maximum atomic E-state index is 12.7. The minimum atomic E-state index is -1.05. The number of aryl methyl sites for hydroxylation is 1. The zero-order chi connectivity index (χ0) is 24.4. The molecule has 2 aromatic rings. The van der Waals surface area contributed by atoms with Crippen LogP contribution in [0.1, 0.15) is 43.1 Å². The molecule has 0 aromatic heterocycles. The molecule has 2 rings (SSSR count). The maximum absolute atomic E-state index is 12.7. The summed E-state index contributed by atoms with van der Waals surface area (Å²) in [6.45, 7) is 6.75. The van der Waals surface area contributed by atoms with Crippen LogP contribution in [0.2, 0.25) is 0 Å². The van der Waals surface area contributed by atoms with Crippen molar-refractivity contribution in [1.82, 2.24) is 5.32 Å². The summed E-state index contributed by atoms with van der Waals surface area (Å²) < 4.78 is 5.53. The lowest BCUT2D eigenvalue weighted by atomic mass is 9.87. The van der Waals surface area contributed by atoms with E-state index in [0.717, 1.165) is 22.4 Å². The molecule has 0 aliphatic carbocycles. The average Bonchev–Trinajstić information content (AvgIpc) is 2.75. The summed E-state index contributed by atoms with van der Waals surface area (Å²) in [5.74, 6) is -0.0817. The van der Waals surface area contributed by atoms with Crippen LogP contribution in [-0.2, 0) is 16.0 Å². The standard InChI is InChI=1S/C25H32Cl2N2O4/c1-18-9-10-22(29(13-11-26)14-12-27)15-21(18)16-25(3,17-23(30)31)28-24(32)33-19(2)20-7-5-4-6-8-20/h4-10,15,19H,11-14,16-17H2,1-3H3,(H,28,32)(H,30,31)/t19?,25-/m0/s1. The first-order valence-corrected chi connectivity index (χ1v) is 12.0. The number of alkyl carbamates (subject to hydrolysis) is 1. The normalized spacial score (nSPS) is 13.6. The summed E-state index contributed by atoms with van der Waals surface area (Å²) in [7, 11) is 0. The number of benzene rings is 2. The van der Waals surface area contributed by atoms with Crippen molar-refractivity contribution in [2.45, 2.75) is 45.3 Å². The number of nitrogens with zero attached hydrogens (tertiary/aromatic N) is 1. The Balaban J connectivity index is 2.22. The van der Waals surface area contributed by atoms with Gasteiger partial charge in [0.15, 0.2) is 0 Å². The number of nitrogens with one attached hydrogen (secondary N) is 1.